The zero-order valence-electron chi connectivity index (χ0n) is 9.79. The summed E-state index contributed by atoms with van der Waals surface area (Å²) in [6.07, 6.45) is 0. The van der Waals surface area contributed by atoms with Crippen molar-refractivity contribution < 1.29 is 14.6 Å². The van der Waals surface area contributed by atoms with E-state index < -0.39 is 0 Å². The minimum absolute atomic E-state index is 0.00558. The highest BCUT2D eigenvalue weighted by atomic mass is 79.9. The average Bonchev–Trinajstić information content (AvgIpc) is 2.29. The molecule has 1 aromatic rings. The Bertz CT molecular complexity index is 352. The van der Waals surface area contributed by atoms with E-state index in [1.54, 1.807) is 7.11 Å². The van der Waals surface area contributed by atoms with Gasteiger partial charge in [0.25, 0.3) is 0 Å². The van der Waals surface area contributed by atoms with Crippen molar-refractivity contribution in [3.63, 3.8) is 0 Å². The van der Waals surface area contributed by atoms with Crippen LogP contribution in [0.15, 0.2) is 16.6 Å². The van der Waals surface area contributed by atoms with Crippen LogP contribution in [0.2, 0.25) is 0 Å². The molecule has 0 spiro atoms. The van der Waals surface area contributed by atoms with Gasteiger partial charge in [0.05, 0.1) is 13.7 Å². The average molecular weight is 289 g/mol. The van der Waals surface area contributed by atoms with Gasteiger partial charge in [-0.05, 0) is 19.1 Å². The van der Waals surface area contributed by atoms with E-state index in [1.807, 2.05) is 26.0 Å². The minimum Gasteiger partial charge on any atom is -0.493 e. The number of benzene rings is 1. The maximum Gasteiger partial charge on any atom is 0.165 e. The highest BCUT2D eigenvalue weighted by Gasteiger charge is 2.18. The number of rotatable bonds is 5. The highest BCUT2D eigenvalue weighted by Crippen LogP contribution is 2.40. The number of halogens is 1. The minimum atomic E-state index is 0.00558. The smallest absolute Gasteiger partial charge is 0.165 e. The first-order valence-corrected chi connectivity index (χ1v) is 6.05. The summed E-state index contributed by atoms with van der Waals surface area (Å²) in [4.78, 5) is 0. The van der Waals surface area contributed by atoms with Gasteiger partial charge in [-0.2, -0.15) is 0 Å². The van der Waals surface area contributed by atoms with Gasteiger partial charge in [-0.1, -0.05) is 22.9 Å². The lowest BCUT2D eigenvalue weighted by atomic mass is 10.0. The lowest BCUT2D eigenvalue weighted by molar-refractivity contribution is 0.262. The monoisotopic (exact) mass is 288 g/mol. The van der Waals surface area contributed by atoms with Gasteiger partial charge in [0.2, 0.25) is 0 Å². The Labute approximate surface area is 105 Å². The van der Waals surface area contributed by atoms with E-state index >= 15 is 0 Å². The van der Waals surface area contributed by atoms with Crippen LogP contribution in [-0.2, 0) is 0 Å². The molecule has 0 aromatic heterocycles. The van der Waals surface area contributed by atoms with Crippen LogP contribution in [0.25, 0.3) is 0 Å². The third-order valence-electron chi connectivity index (χ3n) is 2.38. The summed E-state index contributed by atoms with van der Waals surface area (Å²) in [6.45, 7) is 4.51. The molecule has 1 rings (SSSR count). The second kappa shape index (κ2) is 6.11. The van der Waals surface area contributed by atoms with Crippen LogP contribution in [0, 0.1) is 0 Å². The summed E-state index contributed by atoms with van der Waals surface area (Å²) in [5.41, 5.74) is 0.948. The number of hydrogen-bond donors (Lipinski definition) is 1. The molecule has 16 heavy (non-hydrogen) atoms. The van der Waals surface area contributed by atoms with Gasteiger partial charge < -0.3 is 14.6 Å². The molecule has 1 N–H and O–H groups in total. The molecule has 0 saturated carbocycles. The summed E-state index contributed by atoms with van der Waals surface area (Å²) in [6, 6.07) is 3.76. The highest BCUT2D eigenvalue weighted by molar-refractivity contribution is 9.10. The van der Waals surface area contributed by atoms with Crippen LogP contribution >= 0.6 is 15.9 Å². The number of aliphatic hydroxyl groups excluding tert-OH is 1. The van der Waals surface area contributed by atoms with E-state index in [1.165, 1.54) is 0 Å². The van der Waals surface area contributed by atoms with Crippen molar-refractivity contribution in [2.45, 2.75) is 19.8 Å². The Balaban J connectivity index is 3.29. The van der Waals surface area contributed by atoms with Crippen molar-refractivity contribution in [3.8, 4) is 11.5 Å². The van der Waals surface area contributed by atoms with Crippen LogP contribution in [0.5, 0.6) is 11.5 Å². The topological polar surface area (TPSA) is 38.7 Å². The first-order chi connectivity index (χ1) is 7.65. The van der Waals surface area contributed by atoms with Gasteiger partial charge >= 0.3 is 0 Å². The predicted molar refractivity (Wildman–Crippen MR) is 67.4 cm³/mol. The maximum atomic E-state index is 9.25. The fourth-order valence-electron chi connectivity index (χ4n) is 1.56. The molecule has 0 heterocycles. The molecule has 0 radical (unpaired) electrons. The van der Waals surface area contributed by atoms with Crippen LogP contribution in [-0.4, -0.2) is 25.4 Å². The summed E-state index contributed by atoms with van der Waals surface area (Å²) < 4.78 is 11.8. The Hall–Kier alpha value is -0.740. The van der Waals surface area contributed by atoms with Crippen LogP contribution in [0.4, 0.5) is 0 Å². The molecule has 1 aromatic carbocycles. The Morgan fingerprint density at radius 1 is 1.44 bits per heavy atom. The van der Waals surface area contributed by atoms with Gasteiger partial charge in [-0.3, -0.25) is 0 Å². The van der Waals surface area contributed by atoms with Crippen molar-refractivity contribution in [3.05, 3.63) is 22.2 Å². The number of aliphatic hydroxyl groups is 1. The quantitative estimate of drug-likeness (QED) is 0.905. The largest absolute Gasteiger partial charge is 0.493 e. The molecule has 0 fully saturated rings. The third kappa shape index (κ3) is 2.68. The third-order valence-corrected chi connectivity index (χ3v) is 3.07. The zero-order chi connectivity index (χ0) is 12.1. The fraction of sp³-hybridized carbons (Fsp3) is 0.500. The molecule has 0 bridgehead atoms. The fourth-order valence-corrected chi connectivity index (χ4v) is 2.26. The van der Waals surface area contributed by atoms with Crippen molar-refractivity contribution >= 4 is 15.9 Å². The van der Waals surface area contributed by atoms with Crippen LogP contribution in [0.3, 0.4) is 0 Å². The van der Waals surface area contributed by atoms with Gasteiger partial charge in [-0.15, -0.1) is 0 Å². The Morgan fingerprint density at radius 3 is 2.62 bits per heavy atom. The molecule has 3 nitrogen and oxygen atoms in total. The summed E-state index contributed by atoms with van der Waals surface area (Å²) in [7, 11) is 1.61. The second-order valence-corrected chi connectivity index (χ2v) is 4.36. The molecule has 1 unspecified atom stereocenters. The van der Waals surface area contributed by atoms with Gasteiger partial charge in [0.15, 0.2) is 11.5 Å². The van der Waals surface area contributed by atoms with Crippen LogP contribution in [0.1, 0.15) is 25.3 Å². The molecule has 0 aliphatic carbocycles. The van der Waals surface area contributed by atoms with Crippen molar-refractivity contribution in [2.75, 3.05) is 20.3 Å². The van der Waals surface area contributed by atoms with Crippen molar-refractivity contribution in [1.29, 1.82) is 0 Å². The zero-order valence-corrected chi connectivity index (χ0v) is 11.4. The maximum absolute atomic E-state index is 9.25. The Kier molecular flexibility index (Phi) is 5.09. The van der Waals surface area contributed by atoms with E-state index in [9.17, 15) is 5.11 Å². The summed E-state index contributed by atoms with van der Waals surface area (Å²) in [5.74, 6) is 1.41. The standard InChI is InChI=1S/C12H17BrO3/c1-4-16-12-10(15-3)6-5-9(13)11(12)8(2)7-14/h5-6,8,14H,4,7H2,1-3H3. The molecular weight excluding hydrogens is 272 g/mol. The lowest BCUT2D eigenvalue weighted by Crippen LogP contribution is -2.06. The lowest BCUT2D eigenvalue weighted by Gasteiger charge is -2.19. The van der Waals surface area contributed by atoms with Crippen molar-refractivity contribution in [1.82, 2.24) is 0 Å². The SMILES string of the molecule is CCOc1c(OC)ccc(Br)c1C(C)CO. The van der Waals surface area contributed by atoms with E-state index in [-0.39, 0.29) is 12.5 Å². The van der Waals surface area contributed by atoms with Crippen molar-refractivity contribution in [2.24, 2.45) is 0 Å². The van der Waals surface area contributed by atoms with E-state index in [0.29, 0.717) is 18.1 Å². The molecule has 4 heteroatoms. The predicted octanol–water partition coefficient (Wildman–Crippen LogP) is 2.95. The second-order valence-electron chi connectivity index (χ2n) is 3.51. The van der Waals surface area contributed by atoms with E-state index in [2.05, 4.69) is 15.9 Å². The molecular formula is C12H17BrO3. The molecule has 0 aliphatic heterocycles. The van der Waals surface area contributed by atoms with Gasteiger partial charge in [0, 0.05) is 22.6 Å². The summed E-state index contributed by atoms with van der Waals surface area (Å²) in [5, 5.41) is 9.25. The molecule has 90 valence electrons. The number of ether oxygens (including phenoxy) is 2. The van der Waals surface area contributed by atoms with E-state index in [0.717, 1.165) is 10.0 Å². The molecule has 1 atom stereocenters. The van der Waals surface area contributed by atoms with Gasteiger partial charge in [-0.25, -0.2) is 0 Å². The molecule has 0 saturated heterocycles. The van der Waals surface area contributed by atoms with Crippen LogP contribution < -0.4 is 9.47 Å². The first kappa shape index (κ1) is 13.3. The van der Waals surface area contributed by atoms with Gasteiger partial charge in [0.1, 0.15) is 0 Å². The Morgan fingerprint density at radius 2 is 2.12 bits per heavy atom. The molecule has 0 amide bonds. The first-order valence-electron chi connectivity index (χ1n) is 5.25. The normalized spacial score (nSPS) is 12.3. The van der Waals surface area contributed by atoms with E-state index in [4.69, 9.17) is 9.47 Å². The summed E-state index contributed by atoms with van der Waals surface area (Å²) >= 11 is 3.48. The molecule has 0 aliphatic rings. The number of methoxy groups -OCH3 is 1. The number of hydrogen-bond acceptors (Lipinski definition) is 3.